The van der Waals surface area contributed by atoms with Crippen LogP contribution < -0.4 is 0 Å². The van der Waals surface area contributed by atoms with Crippen LogP contribution in [0.15, 0.2) is 186 Å². The molecule has 0 bridgehead atoms. The number of fused-ring (bicyclic) bond motifs is 10. The second-order valence-electron chi connectivity index (χ2n) is 13.0. The van der Waals surface area contributed by atoms with E-state index in [0.717, 1.165) is 65.4 Å². The Kier molecular flexibility index (Phi) is 4.57. The lowest BCUT2D eigenvalue weighted by molar-refractivity contribution is 0.673. The molecule has 0 spiro atoms. The zero-order valence-corrected chi connectivity index (χ0v) is 27.1. The van der Waals surface area contributed by atoms with Crippen molar-refractivity contribution < 1.29 is 15.4 Å². The lowest BCUT2D eigenvalue weighted by atomic mass is 9.85. The van der Waals surface area contributed by atoms with Gasteiger partial charge in [-0.3, -0.25) is 0 Å². The Labute approximate surface area is 305 Å². The highest BCUT2D eigenvalue weighted by atomic mass is 16.3. The van der Waals surface area contributed by atoms with Gasteiger partial charge in [-0.1, -0.05) is 164 Å². The molecule has 0 aliphatic heterocycles. The van der Waals surface area contributed by atoms with Crippen LogP contribution in [0, 0.1) is 0 Å². The molecule has 0 radical (unpaired) electrons. The summed E-state index contributed by atoms with van der Waals surface area (Å²) in [5.74, 6) is 0. The fourth-order valence-corrected chi connectivity index (χ4v) is 7.98. The maximum absolute atomic E-state index is 9.38. The highest BCUT2D eigenvalue weighted by Gasteiger charge is 2.18. The van der Waals surface area contributed by atoms with Crippen LogP contribution in [0.4, 0.5) is 0 Å². The van der Waals surface area contributed by atoms with Gasteiger partial charge in [0.15, 0.2) is 0 Å². The molecule has 11 rings (SSSR count). The summed E-state index contributed by atoms with van der Waals surface area (Å²) in [6, 6.07) is 40.9. The Morgan fingerprint density at radius 2 is 0.902 bits per heavy atom. The van der Waals surface area contributed by atoms with Gasteiger partial charge < -0.3 is 4.42 Å². The summed E-state index contributed by atoms with van der Waals surface area (Å²) in [7, 11) is 0. The topological polar surface area (TPSA) is 13.1 Å². The van der Waals surface area contributed by atoms with Gasteiger partial charge in [0.05, 0.1) is 11.0 Å². The lowest BCUT2D eigenvalue weighted by Crippen LogP contribution is -1.91. The fourth-order valence-electron chi connectivity index (χ4n) is 7.98. The maximum Gasteiger partial charge on any atom is 0.143 e. The molecule has 236 valence electrons. The summed E-state index contributed by atoms with van der Waals surface area (Å²) in [4.78, 5) is 0. The zero-order chi connectivity index (χ0) is 40.4. The van der Waals surface area contributed by atoms with E-state index in [0.29, 0.717) is 22.3 Å². The van der Waals surface area contributed by atoms with E-state index in [2.05, 4.69) is 30.3 Å². The summed E-state index contributed by atoms with van der Waals surface area (Å²) in [6.45, 7) is 0. The Bertz CT molecular complexity index is 3560. The predicted octanol–water partition coefficient (Wildman–Crippen LogP) is 14.4. The molecule has 0 amide bonds. The van der Waals surface area contributed by atoms with E-state index < -0.39 is 24.2 Å². The van der Waals surface area contributed by atoms with Gasteiger partial charge in [0.25, 0.3) is 0 Å². The molecule has 1 aromatic heterocycles. The molecule has 0 saturated carbocycles. The summed E-state index contributed by atoms with van der Waals surface area (Å²) in [5, 5.41) is 8.82. The highest BCUT2D eigenvalue weighted by Crippen LogP contribution is 2.45. The normalized spacial score (nSPS) is 14.1. The largest absolute Gasteiger partial charge is 0.455 e. The summed E-state index contributed by atoms with van der Waals surface area (Å²) < 4.78 is 79.3. The molecule has 0 fully saturated rings. The van der Waals surface area contributed by atoms with E-state index in [1.807, 2.05) is 103 Å². The van der Waals surface area contributed by atoms with Crippen LogP contribution in [-0.2, 0) is 0 Å². The van der Waals surface area contributed by atoms with E-state index in [4.69, 9.17) is 9.90 Å². The molecule has 1 heterocycles. The van der Waals surface area contributed by atoms with Crippen LogP contribution in [-0.4, -0.2) is 0 Å². The Balaban J connectivity index is 1.21. The number of benzene rings is 10. The minimum Gasteiger partial charge on any atom is -0.455 e. The molecule has 0 aliphatic carbocycles. The number of hydrogen-bond donors (Lipinski definition) is 0. The molecule has 0 saturated heterocycles. The molecule has 51 heavy (non-hydrogen) atoms. The van der Waals surface area contributed by atoms with E-state index in [1.165, 1.54) is 0 Å². The van der Waals surface area contributed by atoms with Gasteiger partial charge in [0.1, 0.15) is 11.2 Å². The van der Waals surface area contributed by atoms with Gasteiger partial charge in [-0.15, -0.1) is 0 Å². The lowest BCUT2D eigenvalue weighted by Gasteiger charge is -2.18. The van der Waals surface area contributed by atoms with Gasteiger partial charge in [0.2, 0.25) is 0 Å². The van der Waals surface area contributed by atoms with Crippen molar-refractivity contribution in [2.24, 2.45) is 0 Å². The Morgan fingerprint density at radius 3 is 1.63 bits per heavy atom. The number of rotatable bonds is 3. The Morgan fingerprint density at radius 1 is 0.373 bits per heavy atom. The molecular weight excluding hydrogens is 617 g/mol. The van der Waals surface area contributed by atoms with Crippen LogP contribution >= 0.6 is 0 Å². The quantitative estimate of drug-likeness (QED) is 0.136. The molecule has 0 unspecified atom stereocenters. The first-order chi connectivity index (χ1) is 28.6. The third-order valence-electron chi connectivity index (χ3n) is 10.3. The summed E-state index contributed by atoms with van der Waals surface area (Å²) >= 11 is 0. The van der Waals surface area contributed by atoms with Crippen molar-refractivity contribution >= 4 is 75.8 Å². The van der Waals surface area contributed by atoms with Gasteiger partial charge in [-0.2, -0.15) is 0 Å². The predicted molar refractivity (Wildman–Crippen MR) is 218 cm³/mol. The van der Waals surface area contributed by atoms with Crippen LogP contribution in [0.2, 0.25) is 0 Å². The van der Waals surface area contributed by atoms with Crippen molar-refractivity contribution in [2.75, 3.05) is 0 Å². The summed E-state index contributed by atoms with van der Waals surface area (Å²) in [5.41, 5.74) is 5.15. The van der Waals surface area contributed by atoms with Crippen molar-refractivity contribution in [2.45, 2.75) is 0 Å². The third kappa shape index (κ3) is 4.22. The van der Waals surface area contributed by atoms with Gasteiger partial charge in [0, 0.05) is 16.2 Å². The van der Waals surface area contributed by atoms with Crippen molar-refractivity contribution in [1.82, 2.24) is 0 Å². The van der Waals surface area contributed by atoms with E-state index in [9.17, 15) is 5.48 Å². The number of hydrogen-bond acceptors (Lipinski definition) is 1. The SMILES string of the molecule is [2H]c1c([2H])c([2H])c2c(-c3ccc4c(ccc5ccccc54)c3)c3c([2H])c([2H])c([2H])c([2H])c3c(-c3ccc(-c4cccc5oc6c7ccccc7ccc6c45)cc3)c2c1[2H]. The maximum atomic E-state index is 9.38. The second kappa shape index (κ2) is 10.9. The zero-order valence-electron chi connectivity index (χ0n) is 35.1. The van der Waals surface area contributed by atoms with Gasteiger partial charge in [-0.25, -0.2) is 0 Å². The average molecular weight is 655 g/mol. The molecule has 11 aromatic rings. The monoisotopic (exact) mass is 654 g/mol. The minimum atomic E-state index is -0.428. The smallest absolute Gasteiger partial charge is 0.143 e. The van der Waals surface area contributed by atoms with Crippen LogP contribution in [0.1, 0.15) is 11.0 Å². The molecular formula is C50H30O. The summed E-state index contributed by atoms with van der Waals surface area (Å²) in [6.07, 6.45) is 0. The Hall–Kier alpha value is -6.70. The second-order valence-corrected chi connectivity index (χ2v) is 13.0. The van der Waals surface area contributed by atoms with Crippen LogP contribution in [0.25, 0.3) is 109 Å². The minimum absolute atomic E-state index is 0.185. The highest BCUT2D eigenvalue weighted by molar-refractivity contribution is 6.23. The fraction of sp³-hybridized carbons (Fsp3) is 0. The van der Waals surface area contributed by atoms with E-state index >= 15 is 0 Å². The molecule has 0 aliphatic rings. The van der Waals surface area contributed by atoms with Crippen LogP contribution in [0.3, 0.4) is 0 Å². The first kappa shape index (κ1) is 21.4. The van der Waals surface area contributed by atoms with Crippen molar-refractivity contribution in [3.05, 3.63) is 182 Å². The third-order valence-corrected chi connectivity index (χ3v) is 10.3. The van der Waals surface area contributed by atoms with Gasteiger partial charge in [-0.05, 0) is 100 Å². The van der Waals surface area contributed by atoms with E-state index in [-0.39, 0.29) is 45.7 Å². The van der Waals surface area contributed by atoms with Gasteiger partial charge >= 0.3 is 0 Å². The average Bonchev–Trinajstić information content (AvgIpc) is 3.67. The van der Waals surface area contributed by atoms with Crippen molar-refractivity contribution in [3.8, 4) is 33.4 Å². The standard InChI is InChI=1S/C50H30O/c1-3-12-37-31(10-1)22-25-35-30-36(27-28-38(35)37)48-43-16-7-5-14-41(43)47(42-15-6-8-17-44(42)48)34-23-20-33(21-24-34)39-18-9-19-46-49(39)45-29-26-32-11-2-4-13-40(32)50(45)51-46/h1-30H/i5D,6D,7D,8D,14D,15D,16D,17D. The molecule has 0 atom stereocenters. The molecule has 0 N–H and O–H groups in total. The van der Waals surface area contributed by atoms with Crippen molar-refractivity contribution in [3.63, 3.8) is 0 Å². The van der Waals surface area contributed by atoms with E-state index in [1.54, 1.807) is 0 Å². The first-order valence-corrected chi connectivity index (χ1v) is 16.9. The molecule has 1 nitrogen and oxygen atoms in total. The first-order valence-electron chi connectivity index (χ1n) is 20.9. The van der Waals surface area contributed by atoms with Crippen molar-refractivity contribution in [1.29, 1.82) is 0 Å². The molecule has 1 heteroatoms. The van der Waals surface area contributed by atoms with Crippen LogP contribution in [0.5, 0.6) is 0 Å². The molecule has 10 aromatic carbocycles. The number of furan rings is 1.